The number of hydrogen-bond acceptors (Lipinski definition) is 2. The lowest BCUT2D eigenvalue weighted by Crippen LogP contribution is -2.39. The Morgan fingerprint density at radius 3 is 2.62 bits per heavy atom. The van der Waals surface area contributed by atoms with Crippen molar-refractivity contribution < 1.29 is 14.7 Å². The van der Waals surface area contributed by atoms with Crippen LogP contribution in [0.4, 0.5) is 4.79 Å². The molecule has 1 aromatic carbocycles. The van der Waals surface area contributed by atoms with E-state index in [4.69, 9.17) is 16.7 Å². The van der Waals surface area contributed by atoms with Crippen LogP contribution in [0.2, 0.25) is 5.02 Å². The van der Waals surface area contributed by atoms with Crippen molar-refractivity contribution in [3.63, 3.8) is 0 Å². The number of hydrogen-bond donors (Lipinski definition) is 2. The Labute approximate surface area is 129 Å². The fraction of sp³-hybridized carbons (Fsp3) is 0.467. The average molecular weight is 313 g/mol. The van der Waals surface area contributed by atoms with E-state index in [0.29, 0.717) is 24.5 Å². The standard InChI is InChI=1S/C15H21ClN2O3/c1-3-11(8-14(19)20)9-17-15(21)18(2)10-12-6-4-5-7-13(12)16/h4-7,11H,3,8-10H2,1-2H3,(H,17,21)(H,19,20). The molecule has 0 spiro atoms. The smallest absolute Gasteiger partial charge is 0.317 e. The molecule has 2 amide bonds. The van der Waals surface area contributed by atoms with E-state index >= 15 is 0 Å². The summed E-state index contributed by atoms with van der Waals surface area (Å²) >= 11 is 6.06. The summed E-state index contributed by atoms with van der Waals surface area (Å²) in [5, 5.41) is 12.2. The third-order valence-corrected chi connectivity index (χ3v) is 3.66. The van der Waals surface area contributed by atoms with E-state index in [2.05, 4.69) is 5.32 Å². The maximum absolute atomic E-state index is 12.0. The molecular weight excluding hydrogens is 292 g/mol. The molecule has 0 saturated carbocycles. The molecule has 1 atom stereocenters. The highest BCUT2D eigenvalue weighted by atomic mass is 35.5. The number of halogens is 1. The van der Waals surface area contributed by atoms with Crippen molar-refractivity contribution in [1.29, 1.82) is 0 Å². The molecule has 2 N–H and O–H groups in total. The lowest BCUT2D eigenvalue weighted by Gasteiger charge is -2.20. The quantitative estimate of drug-likeness (QED) is 0.813. The van der Waals surface area contributed by atoms with E-state index in [1.54, 1.807) is 13.1 Å². The monoisotopic (exact) mass is 312 g/mol. The minimum absolute atomic E-state index is 0.0554. The van der Waals surface area contributed by atoms with Gasteiger partial charge in [0.2, 0.25) is 0 Å². The number of carbonyl (C=O) groups is 2. The van der Waals surface area contributed by atoms with E-state index in [0.717, 1.165) is 5.56 Å². The van der Waals surface area contributed by atoms with Crippen molar-refractivity contribution in [1.82, 2.24) is 10.2 Å². The lowest BCUT2D eigenvalue weighted by atomic mass is 10.0. The molecule has 0 aliphatic rings. The zero-order chi connectivity index (χ0) is 15.8. The molecule has 1 rings (SSSR count). The molecule has 0 fully saturated rings. The molecule has 0 radical (unpaired) electrons. The van der Waals surface area contributed by atoms with Gasteiger partial charge in [0.25, 0.3) is 0 Å². The fourth-order valence-electron chi connectivity index (χ4n) is 1.93. The number of carboxylic acids is 1. The number of urea groups is 1. The molecule has 1 unspecified atom stereocenters. The maximum Gasteiger partial charge on any atom is 0.317 e. The Morgan fingerprint density at radius 1 is 1.38 bits per heavy atom. The summed E-state index contributed by atoms with van der Waals surface area (Å²) in [4.78, 5) is 24.2. The molecule has 6 heteroatoms. The summed E-state index contributed by atoms with van der Waals surface area (Å²) in [7, 11) is 1.68. The Bertz CT molecular complexity index is 494. The number of carboxylic acid groups (broad SMARTS) is 1. The second-order valence-electron chi connectivity index (χ2n) is 5.01. The number of nitrogens with one attached hydrogen (secondary N) is 1. The summed E-state index contributed by atoms with van der Waals surface area (Å²) < 4.78 is 0. The maximum atomic E-state index is 12.0. The van der Waals surface area contributed by atoms with Crippen LogP contribution in [0.5, 0.6) is 0 Å². The van der Waals surface area contributed by atoms with Gasteiger partial charge in [-0.05, 0) is 17.5 Å². The third kappa shape index (κ3) is 6.04. The van der Waals surface area contributed by atoms with Crippen molar-refractivity contribution in [2.75, 3.05) is 13.6 Å². The van der Waals surface area contributed by atoms with Gasteiger partial charge in [-0.1, -0.05) is 43.1 Å². The molecule has 0 aliphatic carbocycles. The second-order valence-corrected chi connectivity index (χ2v) is 5.41. The number of benzene rings is 1. The van der Waals surface area contributed by atoms with Crippen LogP contribution in [0.1, 0.15) is 25.3 Å². The van der Waals surface area contributed by atoms with Gasteiger partial charge in [0.05, 0.1) is 0 Å². The highest BCUT2D eigenvalue weighted by Crippen LogP contribution is 2.16. The molecule has 0 saturated heterocycles. The van der Waals surface area contributed by atoms with Crippen LogP contribution < -0.4 is 5.32 Å². The van der Waals surface area contributed by atoms with Gasteiger partial charge in [-0.15, -0.1) is 0 Å². The van der Waals surface area contributed by atoms with E-state index in [1.165, 1.54) is 4.90 Å². The largest absolute Gasteiger partial charge is 0.481 e. The zero-order valence-corrected chi connectivity index (χ0v) is 13.1. The van der Waals surface area contributed by atoms with Crippen molar-refractivity contribution in [3.05, 3.63) is 34.9 Å². The summed E-state index contributed by atoms with van der Waals surface area (Å²) in [5.41, 5.74) is 0.870. The topological polar surface area (TPSA) is 69.6 Å². The molecule has 0 aromatic heterocycles. The molecular formula is C15H21ClN2O3. The number of amides is 2. The molecule has 0 aliphatic heterocycles. The van der Waals surface area contributed by atoms with Gasteiger partial charge in [-0.2, -0.15) is 0 Å². The number of nitrogens with zero attached hydrogens (tertiary/aromatic N) is 1. The van der Waals surface area contributed by atoms with Gasteiger partial charge < -0.3 is 15.3 Å². The summed E-state index contributed by atoms with van der Waals surface area (Å²) in [5.74, 6) is -0.902. The molecule has 21 heavy (non-hydrogen) atoms. The first kappa shape index (κ1) is 17.3. The lowest BCUT2D eigenvalue weighted by molar-refractivity contribution is -0.138. The molecule has 116 valence electrons. The Balaban J connectivity index is 2.47. The summed E-state index contributed by atoms with van der Waals surface area (Å²) in [6, 6.07) is 7.11. The Kier molecular flexibility index (Phi) is 7.02. The van der Waals surface area contributed by atoms with E-state index in [-0.39, 0.29) is 18.4 Å². The second kappa shape index (κ2) is 8.52. The first-order valence-corrected chi connectivity index (χ1v) is 7.26. The van der Waals surface area contributed by atoms with Crippen molar-refractivity contribution in [3.8, 4) is 0 Å². The number of carbonyl (C=O) groups excluding carboxylic acids is 1. The van der Waals surface area contributed by atoms with Crippen LogP contribution in [0, 0.1) is 5.92 Å². The normalized spacial score (nSPS) is 11.8. The van der Waals surface area contributed by atoms with Crippen LogP contribution in [-0.2, 0) is 11.3 Å². The van der Waals surface area contributed by atoms with E-state index in [1.807, 2.05) is 25.1 Å². The first-order valence-electron chi connectivity index (χ1n) is 6.88. The molecule has 5 nitrogen and oxygen atoms in total. The van der Waals surface area contributed by atoms with Gasteiger partial charge in [0.15, 0.2) is 0 Å². The minimum Gasteiger partial charge on any atom is -0.481 e. The number of rotatable bonds is 7. The van der Waals surface area contributed by atoms with Crippen molar-refractivity contribution >= 4 is 23.6 Å². The third-order valence-electron chi connectivity index (χ3n) is 3.29. The molecule has 1 aromatic rings. The van der Waals surface area contributed by atoms with Gasteiger partial charge in [0, 0.05) is 31.6 Å². The van der Waals surface area contributed by atoms with Gasteiger partial charge in [0.1, 0.15) is 0 Å². The average Bonchev–Trinajstić information content (AvgIpc) is 2.45. The van der Waals surface area contributed by atoms with Crippen LogP contribution in [0.3, 0.4) is 0 Å². The fourth-order valence-corrected chi connectivity index (χ4v) is 2.12. The van der Waals surface area contributed by atoms with Crippen LogP contribution in [0.25, 0.3) is 0 Å². The van der Waals surface area contributed by atoms with Gasteiger partial charge in [-0.25, -0.2) is 4.79 Å². The number of aliphatic carboxylic acids is 1. The molecule has 0 heterocycles. The van der Waals surface area contributed by atoms with Crippen LogP contribution >= 0.6 is 11.6 Å². The van der Waals surface area contributed by atoms with Gasteiger partial charge in [-0.3, -0.25) is 4.79 Å². The zero-order valence-electron chi connectivity index (χ0n) is 12.3. The van der Waals surface area contributed by atoms with Crippen LogP contribution in [-0.4, -0.2) is 35.6 Å². The first-order chi connectivity index (χ1) is 9.93. The van der Waals surface area contributed by atoms with Gasteiger partial charge >= 0.3 is 12.0 Å². The highest BCUT2D eigenvalue weighted by Gasteiger charge is 2.15. The molecule has 0 bridgehead atoms. The summed E-state index contributed by atoms with van der Waals surface area (Å²) in [6.07, 6.45) is 0.770. The SMILES string of the molecule is CCC(CNC(=O)N(C)Cc1ccccc1Cl)CC(=O)O. The summed E-state index contributed by atoms with van der Waals surface area (Å²) in [6.45, 7) is 2.67. The van der Waals surface area contributed by atoms with E-state index in [9.17, 15) is 9.59 Å². The van der Waals surface area contributed by atoms with Crippen LogP contribution in [0.15, 0.2) is 24.3 Å². The van der Waals surface area contributed by atoms with E-state index < -0.39 is 5.97 Å². The van der Waals surface area contributed by atoms with Crippen molar-refractivity contribution in [2.45, 2.75) is 26.3 Å². The predicted octanol–water partition coefficient (Wildman–Crippen LogP) is 2.98. The minimum atomic E-state index is -0.847. The Morgan fingerprint density at radius 2 is 2.05 bits per heavy atom. The van der Waals surface area contributed by atoms with Crippen molar-refractivity contribution in [2.24, 2.45) is 5.92 Å². The Hall–Kier alpha value is -1.75. The highest BCUT2D eigenvalue weighted by molar-refractivity contribution is 6.31. The predicted molar refractivity (Wildman–Crippen MR) is 82.4 cm³/mol.